The molecule has 0 bridgehead atoms. The van der Waals surface area contributed by atoms with Crippen LogP contribution in [0.15, 0.2) is 30.3 Å². The standard InChI is InChI=1S/C23H31N5O4/c29-20-18(7-4-10-25-20)26-21(30)19-15-27(22(31)16-5-2-1-3-6-16)13-14-28(19)23(32)17-8-11-24-12-9-17/h1-3,5-6,17-19,24H,4,7-15H2,(H,25,29)(H,26,30). The maximum Gasteiger partial charge on any atom is 0.253 e. The maximum atomic E-state index is 13.3. The summed E-state index contributed by atoms with van der Waals surface area (Å²) in [6.07, 6.45) is 2.83. The SMILES string of the molecule is O=C1NCCCC1NC(=O)C1CN(C(=O)c2ccccc2)CCN1C(=O)C1CCNCC1. The van der Waals surface area contributed by atoms with Gasteiger partial charge in [-0.15, -0.1) is 0 Å². The summed E-state index contributed by atoms with van der Waals surface area (Å²) in [5.41, 5.74) is 0.552. The lowest BCUT2D eigenvalue weighted by Crippen LogP contribution is -2.64. The summed E-state index contributed by atoms with van der Waals surface area (Å²) in [7, 11) is 0. The van der Waals surface area contributed by atoms with Gasteiger partial charge in [0.1, 0.15) is 12.1 Å². The first kappa shape index (κ1) is 22.3. The second-order valence-corrected chi connectivity index (χ2v) is 8.68. The van der Waals surface area contributed by atoms with Gasteiger partial charge in [-0.1, -0.05) is 18.2 Å². The molecule has 3 aliphatic rings. The van der Waals surface area contributed by atoms with Crippen molar-refractivity contribution in [1.29, 1.82) is 0 Å². The molecule has 2 unspecified atom stereocenters. The van der Waals surface area contributed by atoms with E-state index in [0.29, 0.717) is 31.6 Å². The van der Waals surface area contributed by atoms with Crippen LogP contribution in [-0.4, -0.2) is 84.8 Å². The van der Waals surface area contributed by atoms with Crippen molar-refractivity contribution in [3.05, 3.63) is 35.9 Å². The highest BCUT2D eigenvalue weighted by Gasteiger charge is 2.40. The zero-order valence-electron chi connectivity index (χ0n) is 18.2. The Hall–Kier alpha value is -2.94. The van der Waals surface area contributed by atoms with Gasteiger partial charge in [0.15, 0.2) is 0 Å². The van der Waals surface area contributed by atoms with Crippen molar-refractivity contribution in [1.82, 2.24) is 25.8 Å². The first-order valence-corrected chi connectivity index (χ1v) is 11.5. The molecule has 9 nitrogen and oxygen atoms in total. The summed E-state index contributed by atoms with van der Waals surface area (Å²) < 4.78 is 0. The molecule has 1 aromatic rings. The highest BCUT2D eigenvalue weighted by Crippen LogP contribution is 2.21. The monoisotopic (exact) mass is 441 g/mol. The van der Waals surface area contributed by atoms with E-state index in [4.69, 9.17) is 0 Å². The van der Waals surface area contributed by atoms with Gasteiger partial charge in [0.2, 0.25) is 17.7 Å². The predicted molar refractivity (Wildman–Crippen MR) is 118 cm³/mol. The average Bonchev–Trinajstić information content (AvgIpc) is 2.85. The number of hydrogen-bond donors (Lipinski definition) is 3. The van der Waals surface area contributed by atoms with E-state index in [1.165, 1.54) is 0 Å². The average molecular weight is 442 g/mol. The van der Waals surface area contributed by atoms with Crippen molar-refractivity contribution >= 4 is 23.6 Å². The number of nitrogens with zero attached hydrogens (tertiary/aromatic N) is 2. The van der Waals surface area contributed by atoms with Gasteiger partial charge in [0.05, 0.1) is 6.54 Å². The van der Waals surface area contributed by atoms with E-state index in [0.717, 1.165) is 32.4 Å². The van der Waals surface area contributed by atoms with Crippen LogP contribution >= 0.6 is 0 Å². The van der Waals surface area contributed by atoms with Crippen molar-refractivity contribution < 1.29 is 19.2 Å². The molecule has 3 saturated heterocycles. The number of hydrogen-bond acceptors (Lipinski definition) is 5. The number of nitrogens with one attached hydrogen (secondary N) is 3. The largest absolute Gasteiger partial charge is 0.354 e. The van der Waals surface area contributed by atoms with Crippen molar-refractivity contribution in [2.45, 2.75) is 37.8 Å². The minimum Gasteiger partial charge on any atom is -0.354 e. The Morgan fingerprint density at radius 1 is 0.969 bits per heavy atom. The zero-order chi connectivity index (χ0) is 22.5. The molecule has 0 aromatic heterocycles. The Balaban J connectivity index is 1.51. The number of piperazine rings is 1. The second-order valence-electron chi connectivity index (χ2n) is 8.68. The number of piperidine rings is 2. The number of rotatable bonds is 4. The summed E-state index contributed by atoms with van der Waals surface area (Å²) in [6.45, 7) is 2.96. The van der Waals surface area contributed by atoms with E-state index >= 15 is 0 Å². The Labute approximate surface area is 187 Å². The summed E-state index contributed by atoms with van der Waals surface area (Å²) >= 11 is 0. The van der Waals surface area contributed by atoms with Gasteiger partial charge in [-0.25, -0.2) is 0 Å². The van der Waals surface area contributed by atoms with Crippen LogP contribution in [-0.2, 0) is 14.4 Å². The van der Waals surface area contributed by atoms with E-state index in [9.17, 15) is 19.2 Å². The molecule has 4 amide bonds. The van der Waals surface area contributed by atoms with E-state index in [-0.39, 0.29) is 36.1 Å². The smallest absolute Gasteiger partial charge is 0.253 e. The summed E-state index contributed by atoms with van der Waals surface area (Å²) in [5, 5.41) is 8.86. The molecule has 0 saturated carbocycles. The predicted octanol–water partition coefficient (Wildman–Crippen LogP) is -0.266. The van der Waals surface area contributed by atoms with Crippen LogP contribution in [0.4, 0.5) is 0 Å². The van der Waals surface area contributed by atoms with E-state index in [2.05, 4.69) is 16.0 Å². The van der Waals surface area contributed by atoms with Crippen molar-refractivity contribution in [2.75, 3.05) is 39.3 Å². The normalized spacial score (nSPS) is 24.6. The molecular weight excluding hydrogens is 410 g/mol. The molecule has 4 rings (SSSR count). The number of benzene rings is 1. The van der Waals surface area contributed by atoms with Gasteiger partial charge >= 0.3 is 0 Å². The number of carbonyl (C=O) groups excluding carboxylic acids is 4. The molecule has 0 spiro atoms. The van der Waals surface area contributed by atoms with Gasteiger partial charge in [-0.05, 0) is 50.9 Å². The second kappa shape index (κ2) is 10.1. The van der Waals surface area contributed by atoms with Crippen molar-refractivity contribution in [3.63, 3.8) is 0 Å². The Morgan fingerprint density at radius 2 is 1.72 bits per heavy atom. The highest BCUT2D eigenvalue weighted by molar-refractivity contribution is 5.96. The van der Waals surface area contributed by atoms with Crippen LogP contribution in [0, 0.1) is 5.92 Å². The molecule has 0 aliphatic carbocycles. The Morgan fingerprint density at radius 3 is 2.44 bits per heavy atom. The number of amides is 4. The quantitative estimate of drug-likeness (QED) is 0.596. The van der Waals surface area contributed by atoms with Crippen molar-refractivity contribution in [2.24, 2.45) is 5.92 Å². The van der Waals surface area contributed by atoms with Crippen LogP contribution < -0.4 is 16.0 Å². The fourth-order valence-electron chi connectivity index (χ4n) is 4.70. The molecule has 3 fully saturated rings. The maximum absolute atomic E-state index is 13.3. The third-order valence-corrected chi connectivity index (χ3v) is 6.56. The fourth-order valence-corrected chi connectivity index (χ4v) is 4.70. The van der Waals surface area contributed by atoms with Gasteiger partial charge < -0.3 is 25.8 Å². The van der Waals surface area contributed by atoms with Gasteiger partial charge in [-0.2, -0.15) is 0 Å². The first-order valence-electron chi connectivity index (χ1n) is 11.5. The lowest BCUT2D eigenvalue weighted by molar-refractivity contribution is -0.147. The Bertz CT molecular complexity index is 855. The third kappa shape index (κ3) is 4.93. The molecule has 9 heteroatoms. The fraction of sp³-hybridized carbons (Fsp3) is 0.565. The third-order valence-electron chi connectivity index (χ3n) is 6.56. The van der Waals surface area contributed by atoms with Crippen LogP contribution in [0.2, 0.25) is 0 Å². The van der Waals surface area contributed by atoms with Gasteiger partial charge in [-0.3, -0.25) is 19.2 Å². The van der Waals surface area contributed by atoms with Crippen molar-refractivity contribution in [3.8, 4) is 0 Å². The first-order chi connectivity index (χ1) is 15.5. The summed E-state index contributed by atoms with van der Waals surface area (Å²) in [6, 6.07) is 7.53. The minimum absolute atomic E-state index is 0.0356. The molecule has 0 radical (unpaired) electrons. The van der Waals surface area contributed by atoms with Crippen LogP contribution in [0.25, 0.3) is 0 Å². The van der Waals surface area contributed by atoms with E-state index in [1.54, 1.807) is 34.1 Å². The molecule has 3 aliphatic heterocycles. The van der Waals surface area contributed by atoms with Crippen LogP contribution in [0.1, 0.15) is 36.0 Å². The lowest BCUT2D eigenvalue weighted by atomic mass is 9.95. The molecule has 3 N–H and O–H groups in total. The molecule has 172 valence electrons. The van der Waals surface area contributed by atoms with E-state index in [1.807, 2.05) is 6.07 Å². The highest BCUT2D eigenvalue weighted by atomic mass is 16.2. The Kier molecular flexibility index (Phi) is 7.04. The summed E-state index contributed by atoms with van der Waals surface area (Å²) in [4.78, 5) is 55.0. The van der Waals surface area contributed by atoms with Crippen LogP contribution in [0.5, 0.6) is 0 Å². The molecular formula is C23H31N5O4. The van der Waals surface area contributed by atoms with Gasteiger partial charge in [0.25, 0.3) is 5.91 Å². The molecule has 2 atom stereocenters. The van der Waals surface area contributed by atoms with E-state index < -0.39 is 12.1 Å². The molecule has 32 heavy (non-hydrogen) atoms. The minimum atomic E-state index is -0.812. The lowest BCUT2D eigenvalue weighted by Gasteiger charge is -2.42. The summed E-state index contributed by atoms with van der Waals surface area (Å²) in [5.74, 6) is -0.894. The zero-order valence-corrected chi connectivity index (χ0v) is 18.2. The van der Waals surface area contributed by atoms with Gasteiger partial charge in [0, 0.05) is 31.1 Å². The molecule has 1 aromatic carbocycles. The van der Waals surface area contributed by atoms with Crippen LogP contribution in [0.3, 0.4) is 0 Å². The topological polar surface area (TPSA) is 111 Å². The molecule has 3 heterocycles. The number of carbonyl (C=O) groups is 4.